The second-order valence-electron chi connectivity index (χ2n) is 4.76. The molecular weight excluding hydrogens is 332 g/mol. The zero-order valence-electron chi connectivity index (χ0n) is 12.0. The van der Waals surface area contributed by atoms with Crippen LogP contribution in [0.4, 0.5) is 0 Å². The van der Waals surface area contributed by atoms with E-state index in [0.717, 1.165) is 11.3 Å². The lowest BCUT2D eigenvalue weighted by Crippen LogP contribution is -2.34. The van der Waals surface area contributed by atoms with E-state index in [1.807, 2.05) is 31.2 Å². The predicted molar refractivity (Wildman–Crippen MR) is 85.6 cm³/mol. The van der Waals surface area contributed by atoms with Gasteiger partial charge in [-0.3, -0.25) is 4.79 Å². The summed E-state index contributed by atoms with van der Waals surface area (Å²) in [5, 5.41) is 2.98. The van der Waals surface area contributed by atoms with Gasteiger partial charge < -0.3 is 10.1 Å². The van der Waals surface area contributed by atoms with Gasteiger partial charge in [0.05, 0.1) is 7.11 Å². The van der Waals surface area contributed by atoms with Gasteiger partial charge in [-0.25, -0.2) is 4.98 Å². The number of pyridine rings is 1. The number of halogens is 1. The van der Waals surface area contributed by atoms with Crippen LogP contribution in [0.15, 0.2) is 47.2 Å². The molecule has 110 valence electrons. The number of para-hydroxylation sites is 1. The third-order valence-corrected chi connectivity index (χ3v) is 3.52. The van der Waals surface area contributed by atoms with Crippen LogP contribution in [0.5, 0.6) is 5.75 Å². The first kappa shape index (κ1) is 15.5. The molecule has 1 N–H and O–H groups in total. The molecule has 1 heterocycles. The zero-order chi connectivity index (χ0) is 15.2. The molecule has 21 heavy (non-hydrogen) atoms. The quantitative estimate of drug-likeness (QED) is 0.844. The number of hydrogen-bond donors (Lipinski definition) is 1. The molecule has 1 amide bonds. The second kappa shape index (κ2) is 7.22. The second-order valence-corrected chi connectivity index (χ2v) is 5.57. The van der Waals surface area contributed by atoms with Crippen LogP contribution in [0.25, 0.3) is 0 Å². The fourth-order valence-corrected chi connectivity index (χ4v) is 2.47. The Balaban J connectivity index is 2.01. The van der Waals surface area contributed by atoms with Crippen molar-refractivity contribution in [2.75, 3.05) is 7.11 Å². The number of aromatic nitrogens is 1. The van der Waals surface area contributed by atoms with Gasteiger partial charge in [0.2, 0.25) is 0 Å². The Hall–Kier alpha value is -1.88. The van der Waals surface area contributed by atoms with Crippen molar-refractivity contribution < 1.29 is 9.53 Å². The lowest BCUT2D eigenvalue weighted by molar-refractivity contribution is 0.0939. The van der Waals surface area contributed by atoms with Crippen molar-refractivity contribution >= 4 is 21.8 Å². The summed E-state index contributed by atoms with van der Waals surface area (Å²) < 4.78 is 5.97. The van der Waals surface area contributed by atoms with Gasteiger partial charge in [0, 0.05) is 17.8 Å². The molecule has 0 spiro atoms. The maximum atomic E-state index is 12.2. The number of nitrogens with one attached hydrogen (secondary N) is 1. The number of methoxy groups -OCH3 is 1. The van der Waals surface area contributed by atoms with E-state index in [1.165, 1.54) is 0 Å². The Bertz CT molecular complexity index is 631. The molecule has 1 aromatic carbocycles. The summed E-state index contributed by atoms with van der Waals surface area (Å²) in [6, 6.07) is 11.2. The van der Waals surface area contributed by atoms with Crippen molar-refractivity contribution in [3.05, 3.63) is 58.3 Å². The Morgan fingerprint density at radius 3 is 2.86 bits per heavy atom. The Morgan fingerprint density at radius 2 is 2.14 bits per heavy atom. The highest BCUT2D eigenvalue weighted by Crippen LogP contribution is 2.19. The molecule has 2 aromatic rings. The van der Waals surface area contributed by atoms with E-state index in [0.29, 0.717) is 16.6 Å². The molecule has 0 bridgehead atoms. The number of benzene rings is 1. The number of amides is 1. The van der Waals surface area contributed by atoms with Crippen LogP contribution in [0.3, 0.4) is 0 Å². The third kappa shape index (κ3) is 4.29. The molecule has 5 heteroatoms. The first-order valence-corrected chi connectivity index (χ1v) is 7.43. The molecule has 0 aliphatic rings. The molecule has 2 rings (SSSR count). The standard InChI is InChI=1S/C16H17BrN2O2/c1-11(9-12-5-3-4-6-14(12)21-2)19-16(20)13-7-8-18-15(17)10-13/h3-8,10-11H,9H2,1-2H3,(H,19,20). The van der Waals surface area contributed by atoms with Crippen molar-refractivity contribution in [2.24, 2.45) is 0 Å². The molecule has 0 saturated carbocycles. The minimum absolute atomic E-state index is 0.000686. The molecule has 1 unspecified atom stereocenters. The van der Waals surface area contributed by atoms with Gasteiger partial charge in [-0.2, -0.15) is 0 Å². The fraction of sp³-hybridized carbons (Fsp3) is 0.250. The van der Waals surface area contributed by atoms with E-state index in [-0.39, 0.29) is 11.9 Å². The van der Waals surface area contributed by atoms with Crippen molar-refractivity contribution in [1.29, 1.82) is 0 Å². The smallest absolute Gasteiger partial charge is 0.251 e. The highest BCUT2D eigenvalue weighted by molar-refractivity contribution is 9.10. The highest BCUT2D eigenvalue weighted by Gasteiger charge is 2.12. The van der Waals surface area contributed by atoms with Crippen LogP contribution in [0, 0.1) is 0 Å². The van der Waals surface area contributed by atoms with Crippen LogP contribution in [0.1, 0.15) is 22.8 Å². The summed E-state index contributed by atoms with van der Waals surface area (Å²) in [7, 11) is 1.65. The summed E-state index contributed by atoms with van der Waals surface area (Å²) in [5.74, 6) is 0.728. The summed E-state index contributed by atoms with van der Waals surface area (Å²) in [6.45, 7) is 1.97. The van der Waals surface area contributed by atoms with Crippen molar-refractivity contribution in [3.8, 4) is 5.75 Å². The average Bonchev–Trinajstić information content (AvgIpc) is 2.47. The number of nitrogens with zero attached hydrogens (tertiary/aromatic N) is 1. The Kier molecular flexibility index (Phi) is 5.33. The summed E-state index contributed by atoms with van der Waals surface area (Å²) in [5.41, 5.74) is 1.66. The Morgan fingerprint density at radius 1 is 1.38 bits per heavy atom. The van der Waals surface area contributed by atoms with E-state index in [9.17, 15) is 4.79 Å². The molecule has 0 radical (unpaired) electrons. The largest absolute Gasteiger partial charge is 0.496 e. The number of ether oxygens (including phenoxy) is 1. The van der Waals surface area contributed by atoms with Crippen LogP contribution >= 0.6 is 15.9 Å². The lowest BCUT2D eigenvalue weighted by atomic mass is 10.1. The van der Waals surface area contributed by atoms with E-state index in [2.05, 4.69) is 26.2 Å². The summed E-state index contributed by atoms with van der Waals surface area (Å²) in [4.78, 5) is 16.2. The molecule has 0 fully saturated rings. The van der Waals surface area contributed by atoms with Gasteiger partial charge in [0.15, 0.2) is 0 Å². The van der Waals surface area contributed by atoms with Crippen molar-refractivity contribution in [1.82, 2.24) is 10.3 Å². The topological polar surface area (TPSA) is 51.2 Å². The minimum Gasteiger partial charge on any atom is -0.496 e. The van der Waals surface area contributed by atoms with Gasteiger partial charge in [-0.1, -0.05) is 18.2 Å². The van der Waals surface area contributed by atoms with Crippen LogP contribution in [0.2, 0.25) is 0 Å². The molecule has 4 nitrogen and oxygen atoms in total. The van der Waals surface area contributed by atoms with E-state index >= 15 is 0 Å². The first-order valence-electron chi connectivity index (χ1n) is 6.64. The average molecular weight is 349 g/mol. The van der Waals surface area contributed by atoms with Crippen LogP contribution < -0.4 is 10.1 Å². The molecule has 1 atom stereocenters. The maximum absolute atomic E-state index is 12.2. The van der Waals surface area contributed by atoms with Gasteiger partial charge in [0.1, 0.15) is 10.4 Å². The van der Waals surface area contributed by atoms with Gasteiger partial charge >= 0.3 is 0 Å². The summed E-state index contributed by atoms with van der Waals surface area (Å²) in [6.07, 6.45) is 2.31. The predicted octanol–water partition coefficient (Wildman–Crippen LogP) is 3.21. The van der Waals surface area contributed by atoms with Crippen LogP contribution in [-0.2, 0) is 6.42 Å². The van der Waals surface area contributed by atoms with Crippen LogP contribution in [-0.4, -0.2) is 24.0 Å². The van der Waals surface area contributed by atoms with Gasteiger partial charge in [-0.05, 0) is 53.0 Å². The first-order chi connectivity index (χ1) is 10.1. The Labute approximate surface area is 132 Å². The van der Waals surface area contributed by atoms with Gasteiger partial charge in [-0.15, -0.1) is 0 Å². The normalized spacial score (nSPS) is 11.8. The molecular formula is C16H17BrN2O2. The monoisotopic (exact) mass is 348 g/mol. The van der Waals surface area contributed by atoms with Crippen molar-refractivity contribution in [3.63, 3.8) is 0 Å². The zero-order valence-corrected chi connectivity index (χ0v) is 13.6. The maximum Gasteiger partial charge on any atom is 0.251 e. The molecule has 0 aliphatic heterocycles. The minimum atomic E-state index is -0.111. The third-order valence-electron chi connectivity index (χ3n) is 3.08. The van der Waals surface area contributed by atoms with E-state index in [4.69, 9.17) is 4.74 Å². The number of carbonyl (C=O) groups excluding carboxylic acids is 1. The highest BCUT2D eigenvalue weighted by atomic mass is 79.9. The SMILES string of the molecule is COc1ccccc1CC(C)NC(=O)c1ccnc(Br)c1. The molecule has 0 aliphatic carbocycles. The molecule has 1 aromatic heterocycles. The number of rotatable bonds is 5. The molecule has 0 saturated heterocycles. The number of carbonyl (C=O) groups is 1. The summed E-state index contributed by atoms with van der Waals surface area (Å²) >= 11 is 3.26. The number of hydrogen-bond acceptors (Lipinski definition) is 3. The van der Waals surface area contributed by atoms with E-state index < -0.39 is 0 Å². The lowest BCUT2D eigenvalue weighted by Gasteiger charge is -2.16. The fourth-order valence-electron chi connectivity index (χ4n) is 2.10. The van der Waals surface area contributed by atoms with Crippen molar-refractivity contribution in [2.45, 2.75) is 19.4 Å². The van der Waals surface area contributed by atoms with Gasteiger partial charge in [0.25, 0.3) is 5.91 Å². The van der Waals surface area contributed by atoms with E-state index in [1.54, 1.807) is 25.4 Å².